The second kappa shape index (κ2) is 4.62. The van der Waals surface area contributed by atoms with Crippen LogP contribution in [-0.2, 0) is 6.54 Å². The molecule has 2 aliphatic rings. The zero-order valence-corrected chi connectivity index (χ0v) is 12.6. The number of aromatic nitrogens is 2. The average Bonchev–Trinajstić information content (AvgIpc) is 3.34. The highest BCUT2D eigenvalue weighted by Crippen LogP contribution is 2.50. The molecule has 0 atom stereocenters. The summed E-state index contributed by atoms with van der Waals surface area (Å²) in [5, 5.41) is 0. The third-order valence-electron chi connectivity index (χ3n) is 4.83. The van der Waals surface area contributed by atoms with Crippen molar-refractivity contribution >= 4 is 23.3 Å². The van der Waals surface area contributed by atoms with Gasteiger partial charge in [-0.05, 0) is 67.8 Å². The molecule has 0 unspecified atom stereocenters. The molecule has 1 N–H and O–H groups in total. The smallest absolute Gasteiger partial charge is 0.178 e. The number of rotatable bonds is 5. The number of hydrogen-bond donors (Lipinski definition) is 1. The van der Waals surface area contributed by atoms with E-state index >= 15 is 0 Å². The van der Waals surface area contributed by atoms with Crippen molar-refractivity contribution in [3.63, 3.8) is 0 Å². The number of hydrogen-bond acceptors (Lipinski definition) is 2. The van der Waals surface area contributed by atoms with Crippen LogP contribution in [0.15, 0.2) is 18.2 Å². The summed E-state index contributed by atoms with van der Waals surface area (Å²) in [4.78, 5) is 3.32. The van der Waals surface area contributed by atoms with Crippen LogP contribution < -0.4 is 4.74 Å². The van der Waals surface area contributed by atoms with Crippen LogP contribution in [0.3, 0.4) is 0 Å². The van der Waals surface area contributed by atoms with Gasteiger partial charge in [-0.15, -0.1) is 0 Å². The van der Waals surface area contributed by atoms with Crippen molar-refractivity contribution in [2.24, 2.45) is 17.8 Å². The fourth-order valence-corrected chi connectivity index (χ4v) is 3.67. The first-order chi connectivity index (χ1) is 9.76. The molecule has 1 heterocycles. The molecule has 0 spiro atoms. The number of H-pyrrole nitrogens is 1. The van der Waals surface area contributed by atoms with E-state index in [9.17, 15) is 0 Å². The minimum atomic E-state index is 0.826. The Morgan fingerprint density at radius 2 is 2.00 bits per heavy atom. The Labute approximate surface area is 123 Å². The van der Waals surface area contributed by atoms with Gasteiger partial charge in [-0.25, -0.2) is 0 Å². The molecule has 20 heavy (non-hydrogen) atoms. The van der Waals surface area contributed by atoms with Gasteiger partial charge in [-0.2, -0.15) is 0 Å². The van der Waals surface area contributed by atoms with Crippen LogP contribution in [0, 0.1) is 22.5 Å². The third kappa shape index (κ3) is 2.16. The van der Waals surface area contributed by atoms with Gasteiger partial charge >= 0.3 is 0 Å². The lowest BCUT2D eigenvalue weighted by Gasteiger charge is -2.17. The van der Waals surface area contributed by atoms with Gasteiger partial charge in [-0.3, -0.25) is 0 Å². The second-order valence-electron chi connectivity index (χ2n) is 6.26. The van der Waals surface area contributed by atoms with Gasteiger partial charge in [0, 0.05) is 12.6 Å². The van der Waals surface area contributed by atoms with Crippen LogP contribution in [0.25, 0.3) is 11.0 Å². The number of aromatic amines is 1. The molecule has 0 radical (unpaired) electrons. The standard InChI is InChI=1S/C16H20N2OS/c1-19-12-6-7-14-15(8-12)18(16(20)17-14)9-13(10-2-3-10)11-4-5-11/h6-8,10-11,13H,2-5,9H2,1H3,(H,17,20). The van der Waals surface area contributed by atoms with Gasteiger partial charge < -0.3 is 14.3 Å². The van der Waals surface area contributed by atoms with Gasteiger partial charge in [0.25, 0.3) is 0 Å². The maximum Gasteiger partial charge on any atom is 0.178 e. The summed E-state index contributed by atoms with van der Waals surface area (Å²) in [5.74, 6) is 3.61. The van der Waals surface area contributed by atoms with Crippen molar-refractivity contribution < 1.29 is 4.74 Å². The highest BCUT2D eigenvalue weighted by Gasteiger charge is 2.41. The molecule has 0 amide bonds. The summed E-state index contributed by atoms with van der Waals surface area (Å²) < 4.78 is 8.48. The Morgan fingerprint density at radius 3 is 2.60 bits per heavy atom. The van der Waals surface area contributed by atoms with Crippen LogP contribution in [0.1, 0.15) is 25.7 Å². The first kappa shape index (κ1) is 12.5. The predicted octanol–water partition coefficient (Wildman–Crippen LogP) is 4.14. The Balaban J connectivity index is 1.73. The molecule has 106 valence electrons. The maximum absolute atomic E-state index is 5.53. The summed E-state index contributed by atoms with van der Waals surface area (Å²) in [6, 6.07) is 6.14. The number of nitrogens with zero attached hydrogens (tertiary/aromatic N) is 1. The van der Waals surface area contributed by atoms with Gasteiger partial charge in [0.2, 0.25) is 0 Å². The molecule has 2 fully saturated rings. The van der Waals surface area contributed by atoms with E-state index in [2.05, 4.69) is 21.7 Å². The van der Waals surface area contributed by atoms with Crippen molar-refractivity contribution in [3.05, 3.63) is 23.0 Å². The predicted molar refractivity (Wildman–Crippen MR) is 82.6 cm³/mol. The molecule has 0 bridgehead atoms. The fraction of sp³-hybridized carbons (Fsp3) is 0.562. The normalized spacial score (nSPS) is 18.9. The van der Waals surface area contributed by atoms with E-state index in [4.69, 9.17) is 17.0 Å². The van der Waals surface area contributed by atoms with Crippen molar-refractivity contribution in [2.45, 2.75) is 32.2 Å². The molecule has 4 rings (SSSR count). The summed E-state index contributed by atoms with van der Waals surface area (Å²) in [5.41, 5.74) is 2.29. The molecular weight excluding hydrogens is 268 g/mol. The second-order valence-corrected chi connectivity index (χ2v) is 6.65. The quantitative estimate of drug-likeness (QED) is 0.838. The van der Waals surface area contributed by atoms with Gasteiger partial charge in [0.05, 0.1) is 18.1 Å². The Kier molecular flexibility index (Phi) is 2.88. The Bertz CT molecular complexity index is 682. The zero-order chi connectivity index (χ0) is 13.7. The first-order valence-electron chi connectivity index (χ1n) is 7.53. The molecule has 0 aliphatic heterocycles. The van der Waals surface area contributed by atoms with Crippen molar-refractivity contribution in [3.8, 4) is 5.75 Å². The first-order valence-corrected chi connectivity index (χ1v) is 7.93. The molecule has 1 aromatic carbocycles. The van der Waals surface area contributed by atoms with E-state index in [1.807, 2.05) is 6.07 Å². The van der Waals surface area contributed by atoms with E-state index in [0.29, 0.717) is 0 Å². The van der Waals surface area contributed by atoms with Gasteiger partial charge in [0.1, 0.15) is 5.75 Å². The van der Waals surface area contributed by atoms with Crippen LogP contribution in [0.5, 0.6) is 5.75 Å². The van der Waals surface area contributed by atoms with E-state index in [1.54, 1.807) is 7.11 Å². The summed E-state index contributed by atoms with van der Waals surface area (Å²) >= 11 is 5.53. The van der Waals surface area contributed by atoms with Crippen LogP contribution in [0.4, 0.5) is 0 Å². The van der Waals surface area contributed by atoms with Crippen molar-refractivity contribution in [2.75, 3.05) is 7.11 Å². The highest BCUT2D eigenvalue weighted by molar-refractivity contribution is 7.71. The summed E-state index contributed by atoms with van der Waals surface area (Å²) in [6.45, 7) is 1.07. The van der Waals surface area contributed by atoms with E-state index in [0.717, 1.165) is 40.3 Å². The van der Waals surface area contributed by atoms with Gasteiger partial charge in [0.15, 0.2) is 4.77 Å². The van der Waals surface area contributed by atoms with Crippen LogP contribution >= 0.6 is 12.2 Å². The summed E-state index contributed by atoms with van der Waals surface area (Å²) in [7, 11) is 1.71. The van der Waals surface area contributed by atoms with Crippen molar-refractivity contribution in [1.29, 1.82) is 0 Å². The number of benzene rings is 1. The largest absolute Gasteiger partial charge is 0.497 e. The molecule has 4 heteroatoms. The lowest BCUT2D eigenvalue weighted by molar-refractivity contribution is 0.351. The molecule has 1 aromatic heterocycles. The Morgan fingerprint density at radius 1 is 1.30 bits per heavy atom. The average molecular weight is 288 g/mol. The number of fused-ring (bicyclic) bond motifs is 1. The summed E-state index contributed by atoms with van der Waals surface area (Å²) in [6.07, 6.45) is 5.67. The minimum absolute atomic E-state index is 0.826. The maximum atomic E-state index is 5.53. The zero-order valence-electron chi connectivity index (χ0n) is 11.8. The van der Waals surface area contributed by atoms with Crippen molar-refractivity contribution in [1.82, 2.24) is 9.55 Å². The van der Waals surface area contributed by atoms with E-state index in [1.165, 1.54) is 31.2 Å². The number of nitrogens with one attached hydrogen (secondary N) is 1. The molecule has 2 aromatic rings. The lowest BCUT2D eigenvalue weighted by Crippen LogP contribution is -2.15. The highest BCUT2D eigenvalue weighted by atomic mass is 32.1. The SMILES string of the molecule is COc1ccc2[nH]c(=S)n(CC(C3CC3)C3CC3)c2c1. The molecule has 3 nitrogen and oxygen atoms in total. The van der Waals surface area contributed by atoms with Gasteiger partial charge in [-0.1, -0.05) is 0 Å². The fourth-order valence-electron chi connectivity index (χ4n) is 3.38. The van der Waals surface area contributed by atoms with Crippen LogP contribution in [0.2, 0.25) is 0 Å². The third-order valence-corrected chi connectivity index (χ3v) is 5.15. The lowest BCUT2D eigenvalue weighted by atomic mass is 9.98. The van der Waals surface area contributed by atoms with E-state index < -0.39 is 0 Å². The molecule has 2 aliphatic carbocycles. The number of methoxy groups -OCH3 is 1. The monoisotopic (exact) mass is 288 g/mol. The Hall–Kier alpha value is -1.29. The molecule has 2 saturated carbocycles. The molecular formula is C16H20N2OS. The topological polar surface area (TPSA) is 29.9 Å². The molecule has 0 saturated heterocycles. The number of imidazole rings is 1. The number of ether oxygens (including phenoxy) is 1. The van der Waals surface area contributed by atoms with E-state index in [-0.39, 0.29) is 0 Å². The van der Waals surface area contributed by atoms with Crippen LogP contribution in [-0.4, -0.2) is 16.7 Å². The minimum Gasteiger partial charge on any atom is -0.497 e.